The molecule has 3 rings (SSSR count). The minimum atomic E-state index is 0.776. The van der Waals surface area contributed by atoms with Gasteiger partial charge in [0.25, 0.3) is 0 Å². The fourth-order valence-electron chi connectivity index (χ4n) is 2.98. The number of nitrogens with zero attached hydrogens (tertiary/aromatic N) is 5. The van der Waals surface area contributed by atoms with Crippen LogP contribution in [0.4, 0.5) is 0 Å². The molecule has 0 aliphatic carbocycles. The molecule has 1 fully saturated rings. The fourth-order valence-corrected chi connectivity index (χ4v) is 3.83. The quantitative estimate of drug-likeness (QED) is 0.589. The monoisotopic (exact) mass is 376 g/mol. The molecule has 0 amide bonds. The Morgan fingerprint density at radius 2 is 2.15 bits per heavy atom. The van der Waals surface area contributed by atoms with Gasteiger partial charge in [-0.25, -0.2) is 4.98 Å². The summed E-state index contributed by atoms with van der Waals surface area (Å²) in [5.74, 6) is 1.01. The zero-order valence-electron chi connectivity index (χ0n) is 15.6. The number of aryl methyl sites for hydroxylation is 1. The first-order chi connectivity index (χ1) is 12.8. The van der Waals surface area contributed by atoms with E-state index >= 15 is 0 Å². The molecule has 0 saturated carbocycles. The Morgan fingerprint density at radius 1 is 1.31 bits per heavy atom. The molecule has 1 saturated heterocycles. The van der Waals surface area contributed by atoms with Gasteiger partial charge in [0, 0.05) is 69.4 Å². The van der Waals surface area contributed by atoms with Crippen LogP contribution in [0, 0.1) is 0 Å². The van der Waals surface area contributed by atoms with E-state index in [1.807, 2.05) is 12.3 Å². The molecule has 0 atom stereocenters. The average Bonchev–Trinajstić information content (AvgIpc) is 3.33. The molecule has 1 aliphatic rings. The van der Waals surface area contributed by atoms with Gasteiger partial charge < -0.3 is 14.7 Å². The second-order valence-corrected chi connectivity index (χ2v) is 7.51. The zero-order valence-corrected chi connectivity index (χ0v) is 16.5. The lowest BCUT2D eigenvalue weighted by Crippen LogP contribution is -2.52. The predicted octanol–water partition coefficient (Wildman–Crippen LogP) is 2.02. The Hall–Kier alpha value is -1.93. The maximum Gasteiger partial charge on any atom is 0.194 e. The van der Waals surface area contributed by atoms with Crippen molar-refractivity contribution in [1.82, 2.24) is 25.3 Å². The maximum atomic E-state index is 4.92. The highest BCUT2D eigenvalue weighted by molar-refractivity contribution is 7.11. The van der Waals surface area contributed by atoms with Crippen molar-refractivity contribution in [3.05, 3.63) is 34.1 Å². The van der Waals surface area contributed by atoms with Crippen LogP contribution in [-0.2, 0) is 19.4 Å². The molecule has 1 N–H and O–H groups in total. The fraction of sp³-hybridized carbons (Fsp3) is 0.611. The van der Waals surface area contributed by atoms with E-state index in [-0.39, 0.29) is 0 Å². The largest absolute Gasteiger partial charge is 0.364 e. The first-order valence-electron chi connectivity index (χ1n) is 9.37. The maximum absolute atomic E-state index is 4.92. The van der Waals surface area contributed by atoms with Crippen LogP contribution in [0.5, 0.6) is 0 Å². The Kier molecular flexibility index (Phi) is 7.02. The second kappa shape index (κ2) is 9.68. The summed E-state index contributed by atoms with van der Waals surface area (Å²) in [5, 5.41) is 8.61. The molecule has 2 aromatic rings. The number of hydrogen-bond acceptors (Lipinski definition) is 6. The van der Waals surface area contributed by atoms with Crippen molar-refractivity contribution in [1.29, 1.82) is 0 Å². The van der Waals surface area contributed by atoms with Crippen LogP contribution in [0.2, 0.25) is 0 Å². The first kappa shape index (κ1) is 18.8. The summed E-state index contributed by atoms with van der Waals surface area (Å²) >= 11 is 1.80. The van der Waals surface area contributed by atoms with Crippen LogP contribution >= 0.6 is 11.3 Å². The van der Waals surface area contributed by atoms with Crippen molar-refractivity contribution in [3.63, 3.8) is 0 Å². The summed E-state index contributed by atoms with van der Waals surface area (Å²) in [6.45, 7) is 10.7. The van der Waals surface area contributed by atoms with E-state index in [1.165, 1.54) is 9.88 Å². The van der Waals surface area contributed by atoms with Gasteiger partial charge >= 0.3 is 0 Å². The van der Waals surface area contributed by atoms with Crippen molar-refractivity contribution >= 4 is 17.3 Å². The van der Waals surface area contributed by atoms with Gasteiger partial charge in [0.05, 0.1) is 10.7 Å². The van der Waals surface area contributed by atoms with Gasteiger partial charge in [0.2, 0.25) is 0 Å². The van der Waals surface area contributed by atoms with E-state index in [9.17, 15) is 0 Å². The van der Waals surface area contributed by atoms with Gasteiger partial charge in [-0.05, 0) is 13.3 Å². The topological polar surface area (TPSA) is 69.8 Å². The molecule has 1 aliphatic heterocycles. The summed E-state index contributed by atoms with van der Waals surface area (Å²) in [6, 6.07) is 1.93. The molecule has 0 bridgehead atoms. The molecule has 8 heteroatoms. The van der Waals surface area contributed by atoms with Crippen LogP contribution < -0.4 is 5.32 Å². The number of piperazine rings is 1. The molecule has 0 aromatic carbocycles. The third-order valence-corrected chi connectivity index (χ3v) is 5.62. The molecule has 0 radical (unpaired) electrons. The van der Waals surface area contributed by atoms with Crippen LogP contribution in [0.25, 0.3) is 0 Å². The van der Waals surface area contributed by atoms with Crippen LogP contribution in [0.1, 0.15) is 29.4 Å². The van der Waals surface area contributed by atoms with Crippen molar-refractivity contribution in [2.24, 2.45) is 4.99 Å². The number of thiazole rings is 1. The van der Waals surface area contributed by atoms with Crippen LogP contribution in [0.15, 0.2) is 28.0 Å². The molecule has 7 nitrogen and oxygen atoms in total. The van der Waals surface area contributed by atoms with Crippen molar-refractivity contribution in [3.8, 4) is 0 Å². The van der Waals surface area contributed by atoms with E-state index in [2.05, 4.69) is 39.1 Å². The minimum absolute atomic E-state index is 0.776. The van der Waals surface area contributed by atoms with Crippen molar-refractivity contribution in [2.45, 2.75) is 33.2 Å². The van der Waals surface area contributed by atoms with E-state index in [4.69, 9.17) is 9.52 Å². The van der Waals surface area contributed by atoms with Gasteiger partial charge in [0.15, 0.2) is 5.96 Å². The molecule has 0 unspecified atom stereocenters. The van der Waals surface area contributed by atoms with Gasteiger partial charge in [0.1, 0.15) is 6.26 Å². The van der Waals surface area contributed by atoms with Crippen LogP contribution in [0.3, 0.4) is 0 Å². The van der Waals surface area contributed by atoms with E-state index in [1.54, 1.807) is 17.6 Å². The van der Waals surface area contributed by atoms with Gasteiger partial charge in [-0.1, -0.05) is 12.1 Å². The Balaban J connectivity index is 1.49. The van der Waals surface area contributed by atoms with E-state index in [0.717, 1.165) is 70.3 Å². The summed E-state index contributed by atoms with van der Waals surface area (Å²) in [7, 11) is 0. The third kappa shape index (κ3) is 5.28. The second-order valence-electron chi connectivity index (χ2n) is 6.31. The van der Waals surface area contributed by atoms with Gasteiger partial charge in [-0.15, -0.1) is 11.3 Å². The summed E-state index contributed by atoms with van der Waals surface area (Å²) in [5.41, 5.74) is 0.994. The van der Waals surface area contributed by atoms with E-state index in [0.29, 0.717) is 0 Å². The Morgan fingerprint density at radius 3 is 2.81 bits per heavy atom. The number of nitrogens with one attached hydrogen (secondary N) is 1. The normalized spacial score (nSPS) is 16.2. The molecule has 142 valence electrons. The molecule has 26 heavy (non-hydrogen) atoms. The number of aromatic nitrogens is 2. The molecule has 3 heterocycles. The van der Waals surface area contributed by atoms with E-state index < -0.39 is 0 Å². The summed E-state index contributed by atoms with van der Waals surface area (Å²) in [4.78, 5) is 15.4. The predicted molar refractivity (Wildman–Crippen MR) is 105 cm³/mol. The smallest absolute Gasteiger partial charge is 0.194 e. The highest BCUT2D eigenvalue weighted by Gasteiger charge is 2.20. The molecule has 0 spiro atoms. The number of aliphatic imine (C=N–C) groups is 1. The lowest BCUT2D eigenvalue weighted by atomic mass is 10.3. The number of guanidine groups is 1. The minimum Gasteiger partial charge on any atom is -0.364 e. The third-order valence-electron chi connectivity index (χ3n) is 4.42. The molecular weight excluding hydrogens is 348 g/mol. The SMILES string of the molecule is CCNC(=NCCc1ncc(CC)s1)N1CCN(Cc2ccon2)CC1. The molecular formula is C18H28N6OS. The van der Waals surface area contributed by atoms with Crippen LogP contribution in [-0.4, -0.2) is 65.2 Å². The van der Waals surface area contributed by atoms with Crippen molar-refractivity contribution in [2.75, 3.05) is 39.3 Å². The van der Waals surface area contributed by atoms with Crippen molar-refractivity contribution < 1.29 is 4.52 Å². The Labute approximate surface area is 159 Å². The summed E-state index contributed by atoms with van der Waals surface area (Å²) < 4.78 is 4.92. The Bertz CT molecular complexity index is 676. The van der Waals surface area contributed by atoms with Gasteiger partial charge in [-0.2, -0.15) is 0 Å². The average molecular weight is 377 g/mol. The number of hydrogen-bond donors (Lipinski definition) is 1. The first-order valence-corrected chi connectivity index (χ1v) is 10.2. The summed E-state index contributed by atoms with van der Waals surface area (Å²) in [6.07, 6.45) is 5.59. The number of rotatable bonds is 7. The lowest BCUT2D eigenvalue weighted by molar-refractivity contribution is 0.169. The lowest BCUT2D eigenvalue weighted by Gasteiger charge is -2.36. The zero-order chi connectivity index (χ0) is 18.2. The van der Waals surface area contributed by atoms with Gasteiger partial charge in [-0.3, -0.25) is 9.89 Å². The highest BCUT2D eigenvalue weighted by Crippen LogP contribution is 2.14. The molecule has 2 aromatic heterocycles. The highest BCUT2D eigenvalue weighted by atomic mass is 32.1. The standard InChI is InChI=1S/C18H28N6OS/c1-3-16-13-21-17(26-16)5-7-20-18(19-4-2)24-10-8-23(9-11-24)14-15-6-12-25-22-15/h6,12-13H,3-5,7-11,14H2,1-2H3,(H,19,20).